The van der Waals surface area contributed by atoms with Crippen LogP contribution in [0.25, 0.3) is 0 Å². The number of rotatable bonds is 4. The van der Waals surface area contributed by atoms with Gasteiger partial charge in [0.2, 0.25) is 0 Å². The predicted molar refractivity (Wildman–Crippen MR) is 92.0 cm³/mol. The van der Waals surface area contributed by atoms with E-state index in [1.807, 2.05) is 0 Å². The van der Waals surface area contributed by atoms with Gasteiger partial charge in [-0.3, -0.25) is 14.4 Å². The number of amides is 2. The number of aliphatic carboxylic acids is 1. The summed E-state index contributed by atoms with van der Waals surface area (Å²) >= 11 is 1.18. The fourth-order valence-corrected chi connectivity index (χ4v) is 3.88. The monoisotopic (exact) mass is 362 g/mol. The van der Waals surface area contributed by atoms with Crippen LogP contribution in [0, 0.1) is 12.8 Å². The Labute approximate surface area is 148 Å². The molecule has 1 saturated heterocycles. The van der Waals surface area contributed by atoms with E-state index in [1.54, 1.807) is 30.0 Å². The number of carbonyl (C=O) groups excluding carboxylic acids is 2. The van der Waals surface area contributed by atoms with E-state index in [-0.39, 0.29) is 24.1 Å². The molecule has 3 heterocycles. The van der Waals surface area contributed by atoms with Gasteiger partial charge in [-0.05, 0) is 43.5 Å². The number of hydrogen-bond donors (Lipinski definition) is 2. The van der Waals surface area contributed by atoms with Crippen LogP contribution in [0.1, 0.15) is 38.6 Å². The minimum atomic E-state index is -0.869. The second-order valence-electron chi connectivity index (χ2n) is 5.98. The van der Waals surface area contributed by atoms with Gasteiger partial charge in [-0.2, -0.15) is 0 Å². The van der Waals surface area contributed by atoms with Crippen molar-refractivity contribution in [1.82, 2.24) is 4.90 Å². The highest BCUT2D eigenvalue weighted by Gasteiger charge is 2.30. The molecule has 2 amide bonds. The number of carboxylic acid groups (broad SMARTS) is 1. The van der Waals surface area contributed by atoms with Gasteiger partial charge in [0.1, 0.15) is 0 Å². The molecule has 1 fully saturated rings. The van der Waals surface area contributed by atoms with Crippen molar-refractivity contribution >= 4 is 34.1 Å². The molecule has 132 valence electrons. The number of thiophene rings is 1. The van der Waals surface area contributed by atoms with Gasteiger partial charge in [0.25, 0.3) is 11.8 Å². The molecular weight excluding hydrogens is 344 g/mol. The van der Waals surface area contributed by atoms with E-state index in [9.17, 15) is 14.4 Å². The number of hydrogen-bond acceptors (Lipinski definition) is 5. The van der Waals surface area contributed by atoms with Gasteiger partial charge in [-0.25, -0.2) is 0 Å². The summed E-state index contributed by atoms with van der Waals surface area (Å²) in [5, 5.41) is 12.4. The van der Waals surface area contributed by atoms with Crippen molar-refractivity contribution in [2.45, 2.75) is 19.8 Å². The van der Waals surface area contributed by atoms with Gasteiger partial charge in [0.05, 0.1) is 22.1 Å². The van der Waals surface area contributed by atoms with Crippen LogP contribution >= 0.6 is 11.3 Å². The quantitative estimate of drug-likeness (QED) is 0.871. The molecule has 2 aromatic rings. The van der Waals surface area contributed by atoms with Crippen LogP contribution < -0.4 is 5.32 Å². The van der Waals surface area contributed by atoms with Crippen molar-refractivity contribution in [2.75, 3.05) is 18.4 Å². The van der Waals surface area contributed by atoms with Crippen LogP contribution in [0.3, 0.4) is 0 Å². The van der Waals surface area contributed by atoms with Crippen molar-refractivity contribution in [3.63, 3.8) is 0 Å². The zero-order valence-corrected chi connectivity index (χ0v) is 14.5. The summed E-state index contributed by atoms with van der Waals surface area (Å²) in [5.74, 6) is -1.76. The number of likely N-dealkylation sites (tertiary alicyclic amines) is 1. The van der Waals surface area contributed by atoms with Crippen molar-refractivity contribution in [2.24, 2.45) is 5.92 Å². The SMILES string of the molecule is Cc1cc(NC(=O)c2ccco2)sc1C(=O)N1CCC[C@H](C(=O)O)C1. The smallest absolute Gasteiger partial charge is 0.308 e. The van der Waals surface area contributed by atoms with E-state index in [0.717, 1.165) is 5.56 Å². The fourth-order valence-electron chi connectivity index (χ4n) is 2.84. The highest BCUT2D eigenvalue weighted by Crippen LogP contribution is 2.29. The molecule has 1 aliphatic rings. The summed E-state index contributed by atoms with van der Waals surface area (Å²) in [6.07, 6.45) is 2.68. The van der Waals surface area contributed by atoms with E-state index in [1.165, 1.54) is 17.6 Å². The van der Waals surface area contributed by atoms with Crippen molar-refractivity contribution in [3.05, 3.63) is 40.7 Å². The Morgan fingerprint density at radius 3 is 2.88 bits per heavy atom. The third kappa shape index (κ3) is 3.74. The van der Waals surface area contributed by atoms with Gasteiger partial charge >= 0.3 is 5.97 Å². The molecule has 25 heavy (non-hydrogen) atoms. The van der Waals surface area contributed by atoms with Gasteiger partial charge in [0.15, 0.2) is 5.76 Å². The Morgan fingerprint density at radius 1 is 1.40 bits per heavy atom. The molecule has 2 N–H and O–H groups in total. The van der Waals surface area contributed by atoms with E-state index < -0.39 is 11.9 Å². The molecule has 0 unspecified atom stereocenters. The first-order valence-corrected chi connectivity index (χ1v) is 8.74. The molecule has 0 radical (unpaired) electrons. The van der Waals surface area contributed by atoms with E-state index >= 15 is 0 Å². The van der Waals surface area contributed by atoms with Crippen molar-refractivity contribution in [1.29, 1.82) is 0 Å². The Hall–Kier alpha value is -2.61. The maximum Gasteiger partial charge on any atom is 0.308 e. The number of carbonyl (C=O) groups is 3. The van der Waals surface area contributed by atoms with E-state index in [4.69, 9.17) is 9.52 Å². The molecule has 8 heteroatoms. The Morgan fingerprint density at radius 2 is 2.20 bits per heavy atom. The van der Waals surface area contributed by atoms with Gasteiger partial charge < -0.3 is 19.7 Å². The number of nitrogens with zero attached hydrogens (tertiary/aromatic N) is 1. The third-order valence-corrected chi connectivity index (χ3v) is 5.29. The summed E-state index contributed by atoms with van der Waals surface area (Å²) in [6.45, 7) is 2.57. The van der Waals surface area contributed by atoms with Crippen molar-refractivity contribution in [3.8, 4) is 0 Å². The number of piperidine rings is 1. The topological polar surface area (TPSA) is 99.9 Å². The lowest BCUT2D eigenvalue weighted by molar-refractivity contribution is -0.143. The van der Waals surface area contributed by atoms with Crippen LogP contribution in [0.2, 0.25) is 0 Å². The lowest BCUT2D eigenvalue weighted by Gasteiger charge is -2.30. The Balaban J connectivity index is 1.72. The summed E-state index contributed by atoms with van der Waals surface area (Å²) in [5.41, 5.74) is 0.752. The molecular formula is C17H18N2O5S. The normalized spacial score (nSPS) is 17.3. The summed E-state index contributed by atoms with van der Waals surface area (Å²) in [6, 6.07) is 4.91. The largest absolute Gasteiger partial charge is 0.481 e. The number of aryl methyl sites for hydroxylation is 1. The standard InChI is InChI=1S/C17H18N2O5S/c1-10-8-13(18-15(20)12-5-3-7-24-12)25-14(10)16(21)19-6-2-4-11(9-19)17(22)23/h3,5,7-8,11H,2,4,6,9H2,1H3,(H,18,20)(H,22,23)/t11-/m0/s1. The van der Waals surface area contributed by atoms with E-state index in [0.29, 0.717) is 29.3 Å². The number of anilines is 1. The molecule has 3 rings (SSSR count). The first-order valence-electron chi connectivity index (χ1n) is 7.93. The minimum absolute atomic E-state index is 0.188. The second kappa shape index (κ2) is 7.10. The van der Waals surface area contributed by atoms with Crippen molar-refractivity contribution < 1.29 is 23.9 Å². The average molecular weight is 362 g/mol. The molecule has 0 bridgehead atoms. The number of nitrogens with one attached hydrogen (secondary N) is 1. The van der Waals surface area contributed by atoms with E-state index in [2.05, 4.69) is 5.32 Å². The minimum Gasteiger partial charge on any atom is -0.481 e. The number of carboxylic acids is 1. The molecule has 0 aliphatic carbocycles. The van der Waals surface area contributed by atoms with Crippen LogP contribution in [-0.2, 0) is 4.79 Å². The highest BCUT2D eigenvalue weighted by molar-refractivity contribution is 7.18. The fraction of sp³-hybridized carbons (Fsp3) is 0.353. The van der Waals surface area contributed by atoms with Crippen LogP contribution in [0.15, 0.2) is 28.9 Å². The molecule has 0 aromatic carbocycles. The molecule has 7 nitrogen and oxygen atoms in total. The first-order chi connectivity index (χ1) is 12.0. The van der Waals surface area contributed by atoms with Crippen LogP contribution in [-0.4, -0.2) is 40.9 Å². The molecule has 1 atom stereocenters. The van der Waals surface area contributed by atoms with Crippen LogP contribution in [0.4, 0.5) is 5.00 Å². The lowest BCUT2D eigenvalue weighted by Crippen LogP contribution is -2.42. The highest BCUT2D eigenvalue weighted by atomic mass is 32.1. The zero-order chi connectivity index (χ0) is 18.0. The lowest BCUT2D eigenvalue weighted by atomic mass is 9.98. The molecule has 2 aromatic heterocycles. The maximum atomic E-state index is 12.7. The zero-order valence-electron chi connectivity index (χ0n) is 13.7. The van der Waals surface area contributed by atoms with Crippen LogP contribution in [0.5, 0.6) is 0 Å². The molecule has 1 aliphatic heterocycles. The predicted octanol–water partition coefficient (Wildman–Crippen LogP) is 2.84. The third-order valence-electron chi connectivity index (χ3n) is 4.15. The summed E-state index contributed by atoms with van der Waals surface area (Å²) < 4.78 is 5.04. The second-order valence-corrected chi connectivity index (χ2v) is 7.03. The summed E-state index contributed by atoms with van der Waals surface area (Å²) in [4.78, 5) is 38.0. The maximum absolute atomic E-state index is 12.7. The first kappa shape index (κ1) is 17.2. The molecule has 0 saturated carbocycles. The number of furan rings is 1. The average Bonchev–Trinajstić information content (AvgIpc) is 3.24. The van der Waals surface area contributed by atoms with Gasteiger partial charge in [-0.1, -0.05) is 0 Å². The Kier molecular flexibility index (Phi) is 4.89. The summed E-state index contributed by atoms with van der Waals surface area (Å²) in [7, 11) is 0. The Bertz CT molecular complexity index is 796. The van der Waals surface area contributed by atoms with Gasteiger partial charge in [0, 0.05) is 13.1 Å². The van der Waals surface area contributed by atoms with Gasteiger partial charge in [-0.15, -0.1) is 11.3 Å². The molecule has 0 spiro atoms.